The summed E-state index contributed by atoms with van der Waals surface area (Å²) >= 11 is 0. The monoisotopic (exact) mass is 345 g/mol. The maximum absolute atomic E-state index is 12.2. The minimum Gasteiger partial charge on any atom is -0.340 e. The maximum atomic E-state index is 12.2. The number of aromatic nitrogens is 4. The lowest BCUT2D eigenvalue weighted by Crippen LogP contribution is -2.21. The second-order valence-electron chi connectivity index (χ2n) is 6.39. The van der Waals surface area contributed by atoms with Crippen LogP contribution in [0, 0.1) is 0 Å². The molecule has 6 nitrogen and oxygen atoms in total. The topological polar surface area (TPSA) is 64.7 Å². The van der Waals surface area contributed by atoms with E-state index in [1.54, 1.807) is 27.7 Å². The fourth-order valence-electron chi connectivity index (χ4n) is 3.02. The molecule has 3 aromatic heterocycles. The number of fused-ring (bicyclic) bond motifs is 1. The molecule has 3 heterocycles. The van der Waals surface area contributed by atoms with Crippen molar-refractivity contribution in [2.75, 3.05) is 5.32 Å². The first kappa shape index (κ1) is 16.1. The molecular weight excluding hydrogens is 326 g/mol. The Morgan fingerprint density at radius 2 is 1.88 bits per heavy atom. The summed E-state index contributed by atoms with van der Waals surface area (Å²) in [5, 5.41) is 8.46. The first-order chi connectivity index (χ1) is 12.6. The highest BCUT2D eigenvalue weighted by molar-refractivity contribution is 5.81. The van der Waals surface area contributed by atoms with E-state index < -0.39 is 0 Å². The largest absolute Gasteiger partial charge is 0.340 e. The smallest absolute Gasteiger partial charge is 0.251 e. The van der Waals surface area contributed by atoms with Crippen LogP contribution in [0.25, 0.3) is 16.6 Å². The molecule has 130 valence electrons. The molecule has 1 aromatic carbocycles. The summed E-state index contributed by atoms with van der Waals surface area (Å²) in [6.45, 7) is 4.00. The molecule has 1 N–H and O–H groups in total. The lowest BCUT2D eigenvalue weighted by atomic mass is 10.2. The number of pyridine rings is 2. The standard InChI is InChI=1S/C20H19N5O/c1-14(2)25-18-12-19(21-13-15(18)4-9-20(25)26)23-16-5-7-17(8-6-16)24-11-3-10-22-24/h3-14H,1-2H3,(H,21,23). The molecule has 0 aliphatic rings. The molecule has 0 saturated carbocycles. The zero-order valence-corrected chi connectivity index (χ0v) is 14.6. The van der Waals surface area contributed by atoms with E-state index in [0.717, 1.165) is 22.3 Å². The number of nitrogens with zero attached hydrogens (tertiary/aromatic N) is 4. The van der Waals surface area contributed by atoms with Gasteiger partial charge in [0.05, 0.1) is 11.2 Å². The van der Waals surface area contributed by atoms with Crippen molar-refractivity contribution in [2.45, 2.75) is 19.9 Å². The Kier molecular flexibility index (Phi) is 4.01. The molecule has 0 atom stereocenters. The zero-order valence-electron chi connectivity index (χ0n) is 14.6. The summed E-state index contributed by atoms with van der Waals surface area (Å²) in [4.78, 5) is 16.7. The molecule has 4 aromatic rings. The quantitative estimate of drug-likeness (QED) is 0.609. The maximum Gasteiger partial charge on any atom is 0.251 e. The highest BCUT2D eigenvalue weighted by Crippen LogP contribution is 2.21. The Bertz CT molecular complexity index is 1100. The van der Waals surface area contributed by atoms with Crippen molar-refractivity contribution in [2.24, 2.45) is 0 Å². The number of anilines is 2. The third-order valence-corrected chi connectivity index (χ3v) is 4.24. The van der Waals surface area contributed by atoms with E-state index in [9.17, 15) is 4.79 Å². The second kappa shape index (κ2) is 6.48. The van der Waals surface area contributed by atoms with Crippen LogP contribution in [0.1, 0.15) is 19.9 Å². The van der Waals surface area contributed by atoms with Gasteiger partial charge in [0, 0.05) is 47.8 Å². The molecule has 0 unspecified atom stereocenters. The predicted octanol–water partition coefficient (Wildman–Crippen LogP) is 3.91. The Morgan fingerprint density at radius 1 is 1.08 bits per heavy atom. The normalized spacial score (nSPS) is 11.2. The van der Waals surface area contributed by atoms with Gasteiger partial charge in [-0.15, -0.1) is 0 Å². The highest BCUT2D eigenvalue weighted by atomic mass is 16.1. The Hall–Kier alpha value is -3.41. The van der Waals surface area contributed by atoms with Gasteiger partial charge in [-0.2, -0.15) is 5.10 Å². The first-order valence-corrected chi connectivity index (χ1v) is 8.50. The number of hydrogen-bond donors (Lipinski definition) is 1. The van der Waals surface area contributed by atoms with Gasteiger partial charge in [0.2, 0.25) is 0 Å². The molecular formula is C20H19N5O. The van der Waals surface area contributed by atoms with Crippen LogP contribution >= 0.6 is 0 Å². The molecule has 0 radical (unpaired) electrons. The predicted molar refractivity (Wildman–Crippen MR) is 103 cm³/mol. The molecule has 0 aliphatic carbocycles. The highest BCUT2D eigenvalue weighted by Gasteiger charge is 2.08. The van der Waals surface area contributed by atoms with Gasteiger partial charge in [0.15, 0.2) is 0 Å². The fourth-order valence-corrected chi connectivity index (χ4v) is 3.02. The van der Waals surface area contributed by atoms with Crippen molar-refractivity contribution in [3.8, 4) is 5.69 Å². The van der Waals surface area contributed by atoms with E-state index in [1.165, 1.54) is 0 Å². The van der Waals surface area contributed by atoms with Crippen LogP contribution in [0.3, 0.4) is 0 Å². The van der Waals surface area contributed by atoms with Crippen molar-refractivity contribution in [1.82, 2.24) is 19.3 Å². The molecule has 0 saturated heterocycles. The van der Waals surface area contributed by atoms with Crippen LogP contribution in [-0.4, -0.2) is 19.3 Å². The van der Waals surface area contributed by atoms with Gasteiger partial charge in [-0.05, 0) is 50.2 Å². The van der Waals surface area contributed by atoms with E-state index in [1.807, 2.05) is 62.5 Å². The molecule has 0 fully saturated rings. The molecule has 0 spiro atoms. The second-order valence-corrected chi connectivity index (χ2v) is 6.39. The van der Waals surface area contributed by atoms with E-state index in [4.69, 9.17) is 0 Å². The van der Waals surface area contributed by atoms with Crippen molar-refractivity contribution >= 4 is 22.4 Å². The molecule has 26 heavy (non-hydrogen) atoms. The van der Waals surface area contributed by atoms with Crippen LogP contribution in [0.15, 0.2) is 71.9 Å². The SMILES string of the molecule is CC(C)n1c(=O)ccc2cnc(Nc3ccc(-n4cccn4)cc3)cc21. The zero-order chi connectivity index (χ0) is 18.1. The van der Waals surface area contributed by atoms with Crippen molar-refractivity contribution < 1.29 is 0 Å². The number of rotatable bonds is 4. The van der Waals surface area contributed by atoms with Crippen LogP contribution in [-0.2, 0) is 0 Å². The minimum atomic E-state index is -0.00627. The molecule has 0 bridgehead atoms. The van der Waals surface area contributed by atoms with Crippen LogP contribution in [0.5, 0.6) is 0 Å². The van der Waals surface area contributed by atoms with Crippen LogP contribution < -0.4 is 10.9 Å². The van der Waals surface area contributed by atoms with Crippen LogP contribution in [0.2, 0.25) is 0 Å². The molecule has 6 heteroatoms. The first-order valence-electron chi connectivity index (χ1n) is 8.50. The van der Waals surface area contributed by atoms with Gasteiger partial charge in [-0.3, -0.25) is 4.79 Å². The van der Waals surface area contributed by atoms with Gasteiger partial charge < -0.3 is 9.88 Å². The molecule has 4 rings (SSSR count). The summed E-state index contributed by atoms with van der Waals surface area (Å²) in [5.41, 5.74) is 2.77. The Morgan fingerprint density at radius 3 is 2.58 bits per heavy atom. The van der Waals surface area contributed by atoms with Crippen LogP contribution in [0.4, 0.5) is 11.5 Å². The Labute approximate surface area is 150 Å². The summed E-state index contributed by atoms with van der Waals surface area (Å²) in [5.74, 6) is 0.698. The van der Waals surface area contributed by atoms with Crippen molar-refractivity contribution in [3.05, 3.63) is 77.5 Å². The summed E-state index contributed by atoms with van der Waals surface area (Å²) in [7, 11) is 0. The third-order valence-electron chi connectivity index (χ3n) is 4.24. The van der Waals surface area contributed by atoms with Gasteiger partial charge >= 0.3 is 0 Å². The summed E-state index contributed by atoms with van der Waals surface area (Å²) in [6, 6.07) is 15.2. The van der Waals surface area contributed by atoms with Gasteiger partial charge in [-0.25, -0.2) is 9.67 Å². The van der Waals surface area contributed by atoms with Crippen molar-refractivity contribution in [3.63, 3.8) is 0 Å². The number of hydrogen-bond acceptors (Lipinski definition) is 4. The minimum absolute atomic E-state index is 0.00627. The number of nitrogens with one attached hydrogen (secondary N) is 1. The average Bonchev–Trinajstić information content (AvgIpc) is 3.16. The lowest BCUT2D eigenvalue weighted by molar-refractivity contribution is 0.600. The van der Waals surface area contributed by atoms with E-state index in [2.05, 4.69) is 15.4 Å². The third kappa shape index (κ3) is 2.97. The Balaban J connectivity index is 1.67. The number of benzene rings is 1. The summed E-state index contributed by atoms with van der Waals surface area (Å²) in [6.07, 6.45) is 5.44. The molecule has 0 amide bonds. The van der Waals surface area contributed by atoms with E-state index >= 15 is 0 Å². The van der Waals surface area contributed by atoms with Gasteiger partial charge in [-0.1, -0.05) is 0 Å². The fraction of sp³-hybridized carbons (Fsp3) is 0.150. The van der Waals surface area contributed by atoms with E-state index in [0.29, 0.717) is 5.82 Å². The summed E-state index contributed by atoms with van der Waals surface area (Å²) < 4.78 is 3.59. The van der Waals surface area contributed by atoms with E-state index in [-0.39, 0.29) is 11.6 Å². The average molecular weight is 345 g/mol. The van der Waals surface area contributed by atoms with Crippen molar-refractivity contribution in [1.29, 1.82) is 0 Å². The van der Waals surface area contributed by atoms with Gasteiger partial charge in [0.25, 0.3) is 5.56 Å². The molecule has 0 aliphatic heterocycles. The lowest BCUT2D eigenvalue weighted by Gasteiger charge is -2.14. The van der Waals surface area contributed by atoms with Gasteiger partial charge in [0.1, 0.15) is 5.82 Å².